The number of carbonyl (C=O) groups is 1. The average molecular weight is 385 g/mol. The minimum Gasteiger partial charge on any atom is -0.389 e. The number of ketones is 1. The van der Waals surface area contributed by atoms with Crippen LogP contribution in [0.1, 0.15) is 77.2 Å². The highest BCUT2D eigenvalue weighted by atomic mass is 16.3. The van der Waals surface area contributed by atoms with Gasteiger partial charge in [0.2, 0.25) is 0 Å². The Morgan fingerprint density at radius 1 is 1.00 bits per heavy atom. The highest BCUT2D eigenvalue weighted by Gasteiger charge is 2.72. The lowest BCUT2D eigenvalue weighted by molar-refractivity contribution is -0.235. The third-order valence-corrected chi connectivity index (χ3v) is 9.87. The number of aliphatic hydroxyl groups is 2. The Labute approximate surface area is 166 Å². The number of Topliss-reactive ketones (excluding diaryl/α,β-unsaturated/α-hetero) is 1. The van der Waals surface area contributed by atoms with Gasteiger partial charge in [-0.3, -0.25) is 4.79 Å². The number of nitrogens with zero attached hydrogens (tertiary/aromatic N) is 2. The predicted octanol–water partition coefficient (Wildman–Crippen LogP) is 3.39. The minimum absolute atomic E-state index is 0.146. The molecule has 0 saturated heterocycles. The van der Waals surface area contributed by atoms with E-state index in [0.29, 0.717) is 36.9 Å². The zero-order chi connectivity index (χ0) is 19.8. The van der Waals surface area contributed by atoms with Crippen molar-refractivity contribution in [3.8, 4) is 0 Å². The number of rotatable bonds is 1. The first kappa shape index (κ1) is 18.7. The van der Waals surface area contributed by atoms with Crippen LogP contribution in [-0.2, 0) is 10.4 Å². The fraction of sp³-hybridized carbons (Fsp3) is 0.783. The molecule has 7 atom stereocenters. The SMILES string of the molecule is C[C@]12CCC3C(CC[C@@H]4CC(=O)CC[C@]34C)[C@@]1(O)CC[C@]2(O)c1ccnnc1. The van der Waals surface area contributed by atoms with Crippen molar-refractivity contribution in [3.05, 3.63) is 24.0 Å². The molecule has 0 aromatic carbocycles. The summed E-state index contributed by atoms with van der Waals surface area (Å²) in [5.41, 5.74) is -1.60. The molecule has 0 bridgehead atoms. The molecule has 5 heteroatoms. The zero-order valence-corrected chi connectivity index (χ0v) is 17.0. The van der Waals surface area contributed by atoms with Crippen molar-refractivity contribution in [1.82, 2.24) is 10.2 Å². The Kier molecular flexibility index (Phi) is 3.90. The molecule has 4 saturated carbocycles. The maximum atomic E-state index is 12.2. The molecule has 152 valence electrons. The van der Waals surface area contributed by atoms with Crippen LogP contribution >= 0.6 is 0 Å². The van der Waals surface area contributed by atoms with Gasteiger partial charge in [-0.15, -0.1) is 0 Å². The highest BCUT2D eigenvalue weighted by Crippen LogP contribution is 2.71. The van der Waals surface area contributed by atoms with E-state index in [-0.39, 0.29) is 11.3 Å². The van der Waals surface area contributed by atoms with Crippen molar-refractivity contribution in [2.24, 2.45) is 28.6 Å². The summed E-state index contributed by atoms with van der Waals surface area (Å²) in [6, 6.07) is 1.85. The highest BCUT2D eigenvalue weighted by molar-refractivity contribution is 5.79. The molecule has 28 heavy (non-hydrogen) atoms. The first-order chi connectivity index (χ1) is 13.2. The van der Waals surface area contributed by atoms with Gasteiger partial charge >= 0.3 is 0 Å². The molecule has 1 aromatic rings. The van der Waals surface area contributed by atoms with Crippen LogP contribution in [0.4, 0.5) is 0 Å². The van der Waals surface area contributed by atoms with E-state index >= 15 is 0 Å². The first-order valence-electron chi connectivity index (χ1n) is 11.0. The van der Waals surface area contributed by atoms with Crippen LogP contribution in [0.5, 0.6) is 0 Å². The third kappa shape index (κ3) is 2.12. The summed E-state index contributed by atoms with van der Waals surface area (Å²) in [5, 5.41) is 31.9. The Hall–Kier alpha value is -1.33. The topological polar surface area (TPSA) is 83.3 Å². The standard InChI is InChI=1S/C23H32N2O3/c1-20-8-5-17(26)13-15(20)3-4-19-18(20)6-9-21(2)22(27,10-11-23(19,21)28)16-7-12-24-25-14-16/h7,12,14-15,18-19,27-28H,3-6,8-11,13H2,1-2H3/t15-,18?,19?,20+,21-,22+,23+/m1/s1. The molecule has 5 rings (SSSR count). The Bertz CT molecular complexity index is 800. The van der Waals surface area contributed by atoms with Gasteiger partial charge in [0.1, 0.15) is 5.78 Å². The fourth-order valence-electron chi connectivity index (χ4n) is 8.03. The summed E-state index contributed by atoms with van der Waals surface area (Å²) in [6.45, 7) is 4.47. The summed E-state index contributed by atoms with van der Waals surface area (Å²) in [4.78, 5) is 12.1. The normalized spacial score (nSPS) is 50.6. The Morgan fingerprint density at radius 2 is 1.82 bits per heavy atom. The van der Waals surface area contributed by atoms with Crippen molar-refractivity contribution in [2.75, 3.05) is 0 Å². The fourth-order valence-corrected chi connectivity index (χ4v) is 8.03. The van der Waals surface area contributed by atoms with Crippen molar-refractivity contribution >= 4 is 5.78 Å². The van der Waals surface area contributed by atoms with Crippen LogP contribution in [0.15, 0.2) is 18.5 Å². The molecule has 5 nitrogen and oxygen atoms in total. The molecule has 4 fully saturated rings. The summed E-state index contributed by atoms with van der Waals surface area (Å²) in [6.07, 6.45) is 10.7. The lowest BCUT2D eigenvalue weighted by atomic mass is 9.43. The van der Waals surface area contributed by atoms with E-state index in [4.69, 9.17) is 0 Å². The van der Waals surface area contributed by atoms with Gasteiger partial charge in [-0.1, -0.05) is 13.8 Å². The smallest absolute Gasteiger partial charge is 0.133 e. The van der Waals surface area contributed by atoms with Crippen LogP contribution in [0, 0.1) is 28.6 Å². The van der Waals surface area contributed by atoms with Crippen LogP contribution in [0.25, 0.3) is 0 Å². The van der Waals surface area contributed by atoms with Crippen molar-refractivity contribution < 1.29 is 15.0 Å². The summed E-state index contributed by atoms with van der Waals surface area (Å²) in [7, 11) is 0. The molecular formula is C23H32N2O3. The summed E-state index contributed by atoms with van der Waals surface area (Å²) < 4.78 is 0. The Balaban J connectivity index is 1.53. The van der Waals surface area contributed by atoms with Crippen LogP contribution in [-0.4, -0.2) is 31.8 Å². The summed E-state index contributed by atoms with van der Waals surface area (Å²) >= 11 is 0. The van der Waals surface area contributed by atoms with E-state index < -0.39 is 16.6 Å². The monoisotopic (exact) mass is 384 g/mol. The van der Waals surface area contributed by atoms with E-state index in [9.17, 15) is 15.0 Å². The van der Waals surface area contributed by atoms with Crippen molar-refractivity contribution in [2.45, 2.75) is 82.8 Å². The maximum absolute atomic E-state index is 12.2. The molecule has 4 aliphatic rings. The van der Waals surface area contributed by atoms with Gasteiger partial charge < -0.3 is 10.2 Å². The maximum Gasteiger partial charge on any atom is 0.133 e. The molecule has 0 spiro atoms. The van der Waals surface area contributed by atoms with Gasteiger partial charge in [-0.05, 0) is 74.2 Å². The number of hydrogen-bond donors (Lipinski definition) is 2. The average Bonchev–Trinajstić information content (AvgIpc) is 2.91. The van der Waals surface area contributed by atoms with Gasteiger partial charge in [0.15, 0.2) is 0 Å². The van der Waals surface area contributed by atoms with Crippen molar-refractivity contribution in [3.63, 3.8) is 0 Å². The molecule has 1 heterocycles. The lowest BCUT2D eigenvalue weighted by Gasteiger charge is -2.63. The number of aromatic nitrogens is 2. The largest absolute Gasteiger partial charge is 0.389 e. The van der Waals surface area contributed by atoms with Crippen LogP contribution in [0.3, 0.4) is 0 Å². The predicted molar refractivity (Wildman–Crippen MR) is 104 cm³/mol. The second-order valence-corrected chi connectivity index (χ2v) is 10.5. The molecule has 2 N–H and O–H groups in total. The summed E-state index contributed by atoms with van der Waals surface area (Å²) in [5.74, 6) is 1.52. The molecule has 0 amide bonds. The van der Waals surface area contributed by atoms with Gasteiger partial charge in [0, 0.05) is 30.0 Å². The molecule has 0 aliphatic heterocycles. The first-order valence-corrected chi connectivity index (χ1v) is 11.0. The second kappa shape index (κ2) is 5.85. The van der Waals surface area contributed by atoms with Crippen LogP contribution < -0.4 is 0 Å². The molecule has 2 unspecified atom stereocenters. The third-order valence-electron chi connectivity index (χ3n) is 9.87. The van der Waals surface area contributed by atoms with Crippen LogP contribution in [0.2, 0.25) is 0 Å². The van der Waals surface area contributed by atoms with E-state index in [1.165, 1.54) is 0 Å². The van der Waals surface area contributed by atoms with E-state index in [1.54, 1.807) is 12.4 Å². The molecule has 1 aromatic heterocycles. The van der Waals surface area contributed by atoms with E-state index in [0.717, 1.165) is 44.1 Å². The Morgan fingerprint density at radius 3 is 2.57 bits per heavy atom. The van der Waals surface area contributed by atoms with Crippen molar-refractivity contribution in [1.29, 1.82) is 0 Å². The number of hydrogen-bond acceptors (Lipinski definition) is 5. The molecule has 4 aliphatic carbocycles. The van der Waals surface area contributed by atoms with Gasteiger partial charge in [-0.25, -0.2) is 0 Å². The van der Waals surface area contributed by atoms with E-state index in [1.807, 2.05) is 6.07 Å². The number of fused-ring (bicyclic) bond motifs is 5. The minimum atomic E-state index is -1.07. The zero-order valence-electron chi connectivity index (χ0n) is 17.0. The molecule has 0 radical (unpaired) electrons. The number of carbonyl (C=O) groups excluding carboxylic acids is 1. The molecular weight excluding hydrogens is 352 g/mol. The van der Waals surface area contributed by atoms with Gasteiger partial charge in [0.25, 0.3) is 0 Å². The lowest BCUT2D eigenvalue weighted by Crippen LogP contribution is -2.64. The quantitative estimate of drug-likeness (QED) is 0.775. The second-order valence-electron chi connectivity index (χ2n) is 10.5. The van der Waals surface area contributed by atoms with Gasteiger partial charge in [-0.2, -0.15) is 10.2 Å². The van der Waals surface area contributed by atoms with Gasteiger partial charge in [0.05, 0.1) is 17.4 Å². The van der Waals surface area contributed by atoms with E-state index in [2.05, 4.69) is 24.0 Å².